The van der Waals surface area contributed by atoms with Crippen LogP contribution in [-0.2, 0) is 9.47 Å². The van der Waals surface area contributed by atoms with Gasteiger partial charge in [0.25, 0.3) is 0 Å². The van der Waals surface area contributed by atoms with Crippen LogP contribution in [0.1, 0.15) is 41.6 Å². The molecule has 0 spiro atoms. The van der Waals surface area contributed by atoms with Gasteiger partial charge in [-0.3, -0.25) is 0 Å². The predicted molar refractivity (Wildman–Crippen MR) is 82.2 cm³/mol. The van der Waals surface area contributed by atoms with E-state index in [0.29, 0.717) is 12.6 Å². The van der Waals surface area contributed by atoms with E-state index in [1.165, 1.54) is 22.3 Å². The van der Waals surface area contributed by atoms with E-state index in [0.717, 1.165) is 19.6 Å². The summed E-state index contributed by atoms with van der Waals surface area (Å²) in [5.41, 5.74) is 5.29. The van der Waals surface area contributed by atoms with E-state index in [1.807, 2.05) is 0 Å². The van der Waals surface area contributed by atoms with Crippen molar-refractivity contribution in [3.05, 3.63) is 34.4 Å². The van der Waals surface area contributed by atoms with Crippen LogP contribution in [0.25, 0.3) is 0 Å². The largest absolute Gasteiger partial charge is 0.378 e. The summed E-state index contributed by atoms with van der Waals surface area (Å²) in [6.07, 6.45) is 0.967. The number of methoxy groups -OCH3 is 1. The van der Waals surface area contributed by atoms with Crippen molar-refractivity contribution in [3.63, 3.8) is 0 Å². The Hall–Kier alpha value is -0.900. The van der Waals surface area contributed by atoms with E-state index in [1.54, 1.807) is 7.11 Å². The lowest BCUT2D eigenvalue weighted by molar-refractivity contribution is -0.0172. The van der Waals surface area contributed by atoms with E-state index in [4.69, 9.17) is 9.47 Å². The number of hydrogen-bond acceptors (Lipinski definition) is 3. The van der Waals surface area contributed by atoms with Crippen LogP contribution in [0.15, 0.2) is 12.1 Å². The Morgan fingerprint density at radius 1 is 1.30 bits per heavy atom. The second-order valence-corrected chi connectivity index (χ2v) is 6.10. The summed E-state index contributed by atoms with van der Waals surface area (Å²) in [7, 11) is 1.78. The van der Waals surface area contributed by atoms with E-state index in [-0.39, 0.29) is 5.60 Å². The van der Waals surface area contributed by atoms with E-state index >= 15 is 0 Å². The molecule has 0 aliphatic carbocycles. The van der Waals surface area contributed by atoms with E-state index in [9.17, 15) is 0 Å². The number of ether oxygens (including phenoxy) is 2. The van der Waals surface area contributed by atoms with Crippen molar-refractivity contribution in [2.45, 2.75) is 45.8 Å². The fourth-order valence-electron chi connectivity index (χ4n) is 3.28. The molecular weight excluding hydrogens is 250 g/mol. The van der Waals surface area contributed by atoms with Crippen molar-refractivity contribution in [3.8, 4) is 0 Å². The monoisotopic (exact) mass is 277 g/mol. The third-order valence-corrected chi connectivity index (χ3v) is 4.40. The first-order valence-electron chi connectivity index (χ1n) is 7.41. The van der Waals surface area contributed by atoms with Crippen molar-refractivity contribution in [2.75, 3.05) is 26.9 Å². The Balaban J connectivity index is 2.07. The standard InChI is InChI=1S/C17H27NO2/c1-12-8-13(2)16(14(3)9-12)15(4)18-10-17(19-5)6-7-20-11-17/h8-9,15,18H,6-7,10-11H2,1-5H3. The highest BCUT2D eigenvalue weighted by molar-refractivity contribution is 5.39. The molecule has 20 heavy (non-hydrogen) atoms. The molecule has 1 N–H and O–H groups in total. The minimum absolute atomic E-state index is 0.152. The molecule has 1 saturated heterocycles. The lowest BCUT2D eigenvalue weighted by Crippen LogP contribution is -2.43. The van der Waals surface area contributed by atoms with Gasteiger partial charge in [-0.1, -0.05) is 17.7 Å². The topological polar surface area (TPSA) is 30.5 Å². The summed E-state index contributed by atoms with van der Waals surface area (Å²) in [6.45, 7) is 11.1. The Labute approximate surface area is 122 Å². The molecule has 2 atom stereocenters. The molecule has 1 aliphatic heterocycles. The molecule has 3 nitrogen and oxygen atoms in total. The second-order valence-electron chi connectivity index (χ2n) is 6.10. The highest BCUT2D eigenvalue weighted by Gasteiger charge is 2.35. The lowest BCUT2D eigenvalue weighted by atomic mass is 9.94. The first-order chi connectivity index (χ1) is 9.47. The van der Waals surface area contributed by atoms with Crippen LogP contribution in [0.5, 0.6) is 0 Å². The van der Waals surface area contributed by atoms with Gasteiger partial charge in [0.15, 0.2) is 0 Å². The normalized spacial score (nSPS) is 24.1. The number of hydrogen-bond donors (Lipinski definition) is 1. The smallest absolute Gasteiger partial charge is 0.106 e. The van der Waals surface area contributed by atoms with Gasteiger partial charge in [0.2, 0.25) is 0 Å². The second kappa shape index (κ2) is 6.25. The molecule has 1 aliphatic rings. The maximum Gasteiger partial charge on any atom is 0.106 e. The van der Waals surface area contributed by atoms with Gasteiger partial charge in [0.05, 0.1) is 6.61 Å². The zero-order chi connectivity index (χ0) is 14.8. The average molecular weight is 277 g/mol. The van der Waals surface area contributed by atoms with Gasteiger partial charge in [-0.05, 0) is 44.4 Å². The molecule has 2 unspecified atom stereocenters. The Morgan fingerprint density at radius 2 is 1.95 bits per heavy atom. The van der Waals surface area contributed by atoms with Crippen molar-refractivity contribution < 1.29 is 9.47 Å². The number of aryl methyl sites for hydroxylation is 3. The molecule has 2 rings (SSSR count). The average Bonchev–Trinajstić information content (AvgIpc) is 2.84. The highest BCUT2D eigenvalue weighted by atomic mass is 16.5. The summed E-state index contributed by atoms with van der Waals surface area (Å²) in [5.74, 6) is 0. The fraction of sp³-hybridized carbons (Fsp3) is 0.647. The molecule has 0 aromatic heterocycles. The minimum atomic E-state index is -0.152. The maximum absolute atomic E-state index is 5.68. The summed E-state index contributed by atoms with van der Waals surface area (Å²) >= 11 is 0. The predicted octanol–water partition coefficient (Wildman–Crippen LogP) is 3.07. The molecule has 0 amide bonds. The van der Waals surface area contributed by atoms with Gasteiger partial charge < -0.3 is 14.8 Å². The van der Waals surface area contributed by atoms with Crippen LogP contribution in [0.4, 0.5) is 0 Å². The van der Waals surface area contributed by atoms with Crippen molar-refractivity contribution in [2.24, 2.45) is 0 Å². The molecule has 0 radical (unpaired) electrons. The third-order valence-electron chi connectivity index (χ3n) is 4.40. The van der Waals surface area contributed by atoms with E-state index in [2.05, 4.69) is 45.1 Å². The Bertz CT molecular complexity index is 441. The van der Waals surface area contributed by atoms with Crippen LogP contribution in [0, 0.1) is 20.8 Å². The molecule has 3 heteroatoms. The Kier molecular flexibility index (Phi) is 4.84. The van der Waals surface area contributed by atoms with Crippen LogP contribution in [0.2, 0.25) is 0 Å². The number of benzene rings is 1. The molecular formula is C17H27NO2. The molecule has 1 aromatic carbocycles. The molecule has 1 fully saturated rings. The SMILES string of the molecule is COC1(CNC(C)c2c(C)cc(C)cc2C)CCOC1. The summed E-state index contributed by atoms with van der Waals surface area (Å²) < 4.78 is 11.2. The quantitative estimate of drug-likeness (QED) is 0.897. The molecule has 1 heterocycles. The number of rotatable bonds is 5. The van der Waals surface area contributed by atoms with Gasteiger partial charge in [0, 0.05) is 32.7 Å². The van der Waals surface area contributed by atoms with Crippen molar-refractivity contribution in [1.82, 2.24) is 5.32 Å². The lowest BCUT2D eigenvalue weighted by Gasteiger charge is -2.29. The summed E-state index contributed by atoms with van der Waals surface area (Å²) in [5, 5.41) is 3.63. The first-order valence-corrected chi connectivity index (χ1v) is 7.41. The summed E-state index contributed by atoms with van der Waals surface area (Å²) in [4.78, 5) is 0. The zero-order valence-corrected chi connectivity index (χ0v) is 13.4. The van der Waals surface area contributed by atoms with Crippen molar-refractivity contribution in [1.29, 1.82) is 0 Å². The highest BCUT2D eigenvalue weighted by Crippen LogP contribution is 2.26. The first kappa shape index (κ1) is 15.5. The van der Waals surface area contributed by atoms with Crippen molar-refractivity contribution >= 4 is 0 Å². The molecule has 1 aromatic rings. The van der Waals surface area contributed by atoms with Crippen LogP contribution in [-0.4, -0.2) is 32.5 Å². The van der Waals surface area contributed by atoms with E-state index < -0.39 is 0 Å². The van der Waals surface area contributed by atoms with Gasteiger partial charge in [0.1, 0.15) is 5.60 Å². The van der Waals surface area contributed by atoms with Crippen LogP contribution >= 0.6 is 0 Å². The maximum atomic E-state index is 5.68. The molecule has 112 valence electrons. The van der Waals surface area contributed by atoms with Crippen LogP contribution < -0.4 is 5.32 Å². The Morgan fingerprint density at radius 3 is 2.45 bits per heavy atom. The minimum Gasteiger partial charge on any atom is -0.378 e. The van der Waals surface area contributed by atoms with Gasteiger partial charge >= 0.3 is 0 Å². The van der Waals surface area contributed by atoms with Gasteiger partial charge in [-0.2, -0.15) is 0 Å². The summed E-state index contributed by atoms with van der Waals surface area (Å²) in [6, 6.07) is 4.83. The van der Waals surface area contributed by atoms with Crippen LogP contribution in [0.3, 0.4) is 0 Å². The fourth-order valence-corrected chi connectivity index (χ4v) is 3.28. The van der Waals surface area contributed by atoms with Gasteiger partial charge in [-0.15, -0.1) is 0 Å². The molecule has 0 bridgehead atoms. The molecule has 0 saturated carbocycles. The van der Waals surface area contributed by atoms with Gasteiger partial charge in [-0.25, -0.2) is 0 Å². The number of nitrogens with one attached hydrogen (secondary N) is 1. The third kappa shape index (κ3) is 3.22. The zero-order valence-electron chi connectivity index (χ0n) is 13.4.